The van der Waals surface area contributed by atoms with Crippen LogP contribution in [0.15, 0.2) is 48.0 Å². The first-order valence-corrected chi connectivity index (χ1v) is 7.60. The van der Waals surface area contributed by atoms with Crippen molar-refractivity contribution < 1.29 is 9.53 Å². The molecule has 2 aromatic heterocycles. The standard InChI is InChI=1S/C16H15N3O2S/c1-11-9-14(22-10-11)16(20)17-15-7-8-19(18-15)12-3-5-13(21-2)6-4-12/h3-10H,1-2H3,(H,17,18,20). The van der Waals surface area contributed by atoms with E-state index < -0.39 is 0 Å². The summed E-state index contributed by atoms with van der Waals surface area (Å²) in [4.78, 5) is 12.8. The van der Waals surface area contributed by atoms with Crippen LogP contribution in [-0.2, 0) is 0 Å². The van der Waals surface area contributed by atoms with Crippen LogP contribution in [0.3, 0.4) is 0 Å². The lowest BCUT2D eigenvalue weighted by molar-refractivity contribution is 0.103. The second kappa shape index (κ2) is 6.03. The number of methoxy groups -OCH3 is 1. The Hall–Kier alpha value is -2.60. The lowest BCUT2D eigenvalue weighted by atomic mass is 10.3. The van der Waals surface area contributed by atoms with E-state index in [0.717, 1.165) is 17.0 Å². The molecule has 0 spiro atoms. The van der Waals surface area contributed by atoms with Gasteiger partial charge in [0.25, 0.3) is 5.91 Å². The molecule has 2 heterocycles. The zero-order valence-corrected chi connectivity index (χ0v) is 13.1. The van der Waals surface area contributed by atoms with Gasteiger partial charge in [-0.2, -0.15) is 5.10 Å². The third-order valence-corrected chi connectivity index (χ3v) is 4.17. The number of benzene rings is 1. The van der Waals surface area contributed by atoms with Gasteiger partial charge in [-0.05, 0) is 48.2 Å². The number of aromatic nitrogens is 2. The van der Waals surface area contributed by atoms with Gasteiger partial charge in [0.05, 0.1) is 17.7 Å². The molecule has 1 N–H and O–H groups in total. The molecule has 6 heteroatoms. The molecule has 5 nitrogen and oxygen atoms in total. The number of ether oxygens (including phenoxy) is 1. The van der Waals surface area contributed by atoms with Gasteiger partial charge in [0.2, 0.25) is 0 Å². The van der Waals surface area contributed by atoms with Crippen molar-refractivity contribution in [3.8, 4) is 11.4 Å². The molecule has 0 atom stereocenters. The summed E-state index contributed by atoms with van der Waals surface area (Å²) >= 11 is 1.42. The van der Waals surface area contributed by atoms with Crippen LogP contribution >= 0.6 is 11.3 Å². The number of anilines is 1. The fourth-order valence-electron chi connectivity index (χ4n) is 2.00. The van der Waals surface area contributed by atoms with Gasteiger partial charge in [-0.1, -0.05) is 0 Å². The van der Waals surface area contributed by atoms with Gasteiger partial charge in [0.15, 0.2) is 5.82 Å². The van der Waals surface area contributed by atoms with Crippen LogP contribution in [0.5, 0.6) is 5.75 Å². The van der Waals surface area contributed by atoms with Crippen molar-refractivity contribution >= 4 is 23.1 Å². The van der Waals surface area contributed by atoms with Crippen LogP contribution in [0.1, 0.15) is 15.2 Å². The monoisotopic (exact) mass is 313 g/mol. The molecule has 0 radical (unpaired) electrons. The van der Waals surface area contributed by atoms with Crippen molar-refractivity contribution in [1.29, 1.82) is 0 Å². The van der Waals surface area contributed by atoms with Crippen LogP contribution in [-0.4, -0.2) is 22.8 Å². The number of thiophene rings is 1. The lowest BCUT2D eigenvalue weighted by Crippen LogP contribution is -2.11. The number of aryl methyl sites for hydroxylation is 1. The molecule has 3 aromatic rings. The summed E-state index contributed by atoms with van der Waals surface area (Å²) in [5, 5.41) is 9.11. The number of amides is 1. The van der Waals surface area contributed by atoms with E-state index in [1.54, 1.807) is 24.1 Å². The highest BCUT2D eigenvalue weighted by atomic mass is 32.1. The van der Waals surface area contributed by atoms with Gasteiger partial charge >= 0.3 is 0 Å². The fraction of sp³-hybridized carbons (Fsp3) is 0.125. The van der Waals surface area contributed by atoms with Gasteiger partial charge in [-0.25, -0.2) is 4.68 Å². The maximum absolute atomic E-state index is 12.1. The van der Waals surface area contributed by atoms with Crippen LogP contribution in [0.2, 0.25) is 0 Å². The minimum Gasteiger partial charge on any atom is -0.497 e. The molecule has 0 unspecified atom stereocenters. The number of hydrogen-bond acceptors (Lipinski definition) is 4. The smallest absolute Gasteiger partial charge is 0.266 e. The Bertz CT molecular complexity index is 790. The van der Waals surface area contributed by atoms with Crippen molar-refractivity contribution in [2.75, 3.05) is 12.4 Å². The van der Waals surface area contributed by atoms with Crippen LogP contribution in [0.25, 0.3) is 5.69 Å². The molecule has 0 aliphatic heterocycles. The molecular weight excluding hydrogens is 298 g/mol. The minimum absolute atomic E-state index is 0.141. The molecule has 112 valence electrons. The Labute approximate surface area is 132 Å². The molecule has 0 fully saturated rings. The zero-order chi connectivity index (χ0) is 15.5. The summed E-state index contributed by atoms with van der Waals surface area (Å²) in [5.41, 5.74) is 1.98. The molecule has 1 amide bonds. The van der Waals surface area contributed by atoms with E-state index in [-0.39, 0.29) is 5.91 Å². The largest absolute Gasteiger partial charge is 0.497 e. The Balaban J connectivity index is 1.74. The first-order chi connectivity index (χ1) is 10.7. The quantitative estimate of drug-likeness (QED) is 0.802. The summed E-state index contributed by atoms with van der Waals surface area (Å²) in [6.07, 6.45) is 1.80. The first-order valence-electron chi connectivity index (χ1n) is 6.72. The second-order valence-corrected chi connectivity index (χ2v) is 5.70. The maximum atomic E-state index is 12.1. The highest BCUT2D eigenvalue weighted by Crippen LogP contribution is 2.17. The van der Waals surface area contributed by atoms with Gasteiger partial charge in [0, 0.05) is 12.3 Å². The van der Waals surface area contributed by atoms with Crippen LogP contribution in [0, 0.1) is 6.92 Å². The van der Waals surface area contributed by atoms with E-state index in [0.29, 0.717) is 10.7 Å². The number of rotatable bonds is 4. The third-order valence-electron chi connectivity index (χ3n) is 3.12. The number of carbonyl (C=O) groups excluding carboxylic acids is 1. The summed E-state index contributed by atoms with van der Waals surface area (Å²) < 4.78 is 6.83. The molecule has 0 saturated heterocycles. The van der Waals surface area contributed by atoms with E-state index >= 15 is 0 Å². The third kappa shape index (κ3) is 3.01. The molecule has 0 aliphatic carbocycles. The van der Waals surface area contributed by atoms with E-state index in [1.807, 2.05) is 42.6 Å². The molecule has 22 heavy (non-hydrogen) atoms. The average molecular weight is 313 g/mol. The molecular formula is C16H15N3O2S. The summed E-state index contributed by atoms with van der Waals surface area (Å²) in [7, 11) is 1.63. The normalized spacial score (nSPS) is 10.5. The predicted molar refractivity (Wildman–Crippen MR) is 87.1 cm³/mol. The Morgan fingerprint density at radius 3 is 2.68 bits per heavy atom. The Morgan fingerprint density at radius 2 is 2.05 bits per heavy atom. The lowest BCUT2D eigenvalue weighted by Gasteiger charge is -2.03. The molecule has 1 aromatic carbocycles. The van der Waals surface area contributed by atoms with Crippen molar-refractivity contribution in [3.63, 3.8) is 0 Å². The van der Waals surface area contributed by atoms with Gasteiger partial charge < -0.3 is 10.1 Å². The van der Waals surface area contributed by atoms with Crippen molar-refractivity contribution in [2.45, 2.75) is 6.92 Å². The molecule has 0 saturated carbocycles. The summed E-state index contributed by atoms with van der Waals surface area (Å²) in [6.45, 7) is 1.96. The highest BCUT2D eigenvalue weighted by molar-refractivity contribution is 7.12. The number of carbonyl (C=O) groups is 1. The van der Waals surface area contributed by atoms with E-state index in [9.17, 15) is 4.79 Å². The zero-order valence-electron chi connectivity index (χ0n) is 12.2. The number of hydrogen-bond donors (Lipinski definition) is 1. The first kappa shape index (κ1) is 14.3. The average Bonchev–Trinajstić information content (AvgIpc) is 3.16. The van der Waals surface area contributed by atoms with Crippen LogP contribution < -0.4 is 10.1 Å². The van der Waals surface area contributed by atoms with E-state index in [2.05, 4.69) is 10.4 Å². The number of nitrogens with zero attached hydrogens (tertiary/aromatic N) is 2. The van der Waals surface area contributed by atoms with Crippen molar-refractivity contribution in [3.05, 3.63) is 58.4 Å². The highest BCUT2D eigenvalue weighted by Gasteiger charge is 2.10. The SMILES string of the molecule is COc1ccc(-n2ccc(NC(=O)c3cc(C)cs3)n2)cc1. The number of nitrogens with one attached hydrogen (secondary N) is 1. The molecule has 3 rings (SSSR count). The summed E-state index contributed by atoms with van der Waals surface area (Å²) in [5.74, 6) is 1.17. The minimum atomic E-state index is -0.141. The Morgan fingerprint density at radius 1 is 1.27 bits per heavy atom. The van der Waals surface area contributed by atoms with E-state index in [1.165, 1.54) is 11.3 Å². The van der Waals surface area contributed by atoms with Gasteiger partial charge in [-0.15, -0.1) is 11.3 Å². The summed E-state index contributed by atoms with van der Waals surface area (Å²) in [6, 6.07) is 11.2. The topological polar surface area (TPSA) is 56.1 Å². The Kier molecular flexibility index (Phi) is 3.93. The predicted octanol–water partition coefficient (Wildman–Crippen LogP) is 3.50. The molecule has 0 aliphatic rings. The fourth-order valence-corrected chi connectivity index (χ4v) is 2.79. The van der Waals surface area contributed by atoms with Crippen molar-refractivity contribution in [1.82, 2.24) is 9.78 Å². The maximum Gasteiger partial charge on any atom is 0.266 e. The van der Waals surface area contributed by atoms with Gasteiger partial charge in [-0.3, -0.25) is 4.79 Å². The van der Waals surface area contributed by atoms with E-state index in [4.69, 9.17) is 4.74 Å². The van der Waals surface area contributed by atoms with Crippen LogP contribution in [0.4, 0.5) is 5.82 Å². The molecule has 0 bridgehead atoms. The second-order valence-electron chi connectivity index (χ2n) is 4.79. The van der Waals surface area contributed by atoms with Crippen molar-refractivity contribution in [2.24, 2.45) is 0 Å². The van der Waals surface area contributed by atoms with Gasteiger partial charge in [0.1, 0.15) is 5.75 Å².